The van der Waals surface area contributed by atoms with Crippen LogP contribution in [0.1, 0.15) is 34.3 Å². The first kappa shape index (κ1) is 25.0. The summed E-state index contributed by atoms with van der Waals surface area (Å²) in [4.78, 5) is 27.2. The number of Topliss-reactive ketones (excluding diaryl/α,β-unsaturated/α-hetero) is 1. The summed E-state index contributed by atoms with van der Waals surface area (Å²) in [6.07, 6.45) is 0. The molecule has 1 aliphatic heterocycles. The number of anilines is 1. The molecule has 38 heavy (non-hydrogen) atoms. The number of benzene rings is 3. The van der Waals surface area contributed by atoms with Crippen LogP contribution in [0.5, 0.6) is 5.75 Å². The van der Waals surface area contributed by atoms with Gasteiger partial charge in [-0.15, -0.1) is 0 Å². The van der Waals surface area contributed by atoms with Gasteiger partial charge >= 0.3 is 0 Å². The van der Waals surface area contributed by atoms with E-state index in [4.69, 9.17) is 9.15 Å². The highest BCUT2D eigenvalue weighted by molar-refractivity contribution is 6.51. The van der Waals surface area contributed by atoms with Gasteiger partial charge in [0.25, 0.3) is 11.7 Å². The second kappa shape index (κ2) is 9.97. The molecule has 1 unspecified atom stereocenters. The van der Waals surface area contributed by atoms with Crippen molar-refractivity contribution >= 4 is 23.1 Å². The summed E-state index contributed by atoms with van der Waals surface area (Å²) < 4.78 is 40.0. The summed E-state index contributed by atoms with van der Waals surface area (Å²) in [6.45, 7) is 3.81. The highest BCUT2D eigenvalue weighted by atomic mass is 19.1. The van der Waals surface area contributed by atoms with Gasteiger partial charge in [0.2, 0.25) is 0 Å². The monoisotopic (exact) mass is 515 g/mol. The van der Waals surface area contributed by atoms with E-state index in [1.165, 1.54) is 0 Å². The summed E-state index contributed by atoms with van der Waals surface area (Å²) in [6, 6.07) is 19.1. The normalized spacial score (nSPS) is 16.7. The molecule has 8 heteroatoms. The van der Waals surface area contributed by atoms with Crippen LogP contribution in [0.15, 0.2) is 88.9 Å². The van der Waals surface area contributed by atoms with Crippen molar-refractivity contribution in [3.8, 4) is 5.75 Å². The zero-order chi connectivity index (χ0) is 27.0. The number of aliphatic hydroxyl groups excluding tert-OH is 1. The molecule has 1 N–H and O–H groups in total. The van der Waals surface area contributed by atoms with Gasteiger partial charge in [0.05, 0.1) is 11.3 Å². The topological polar surface area (TPSA) is 80.0 Å². The molecule has 192 valence electrons. The fraction of sp³-hybridized carbons (Fsp3) is 0.133. The van der Waals surface area contributed by atoms with Gasteiger partial charge in [-0.2, -0.15) is 0 Å². The van der Waals surface area contributed by atoms with Crippen LogP contribution in [0.4, 0.5) is 14.5 Å². The summed E-state index contributed by atoms with van der Waals surface area (Å²) in [5, 5.41) is 11.3. The van der Waals surface area contributed by atoms with Crippen molar-refractivity contribution in [2.75, 3.05) is 4.90 Å². The van der Waals surface area contributed by atoms with E-state index in [2.05, 4.69) is 0 Å². The first-order chi connectivity index (χ1) is 18.2. The van der Waals surface area contributed by atoms with Crippen molar-refractivity contribution in [2.45, 2.75) is 26.5 Å². The van der Waals surface area contributed by atoms with E-state index in [9.17, 15) is 23.5 Å². The van der Waals surface area contributed by atoms with Gasteiger partial charge in [-0.25, -0.2) is 8.78 Å². The van der Waals surface area contributed by atoms with Crippen molar-refractivity contribution < 1.29 is 32.6 Å². The lowest BCUT2D eigenvalue weighted by atomic mass is 9.98. The molecule has 2 heterocycles. The number of amides is 1. The number of ketones is 1. The molecular weight excluding hydrogens is 492 g/mol. The maximum atomic E-state index is 14.8. The SMILES string of the molecule is Cc1ccc(C2/C(=C(/O)c3ccc(OCc4ccccc4)c(C)c3)C(=O)C(=O)N2c2ccc(F)cc2F)o1. The molecular formula is C30H23F2NO5. The first-order valence-corrected chi connectivity index (χ1v) is 11.8. The summed E-state index contributed by atoms with van der Waals surface area (Å²) in [5.41, 5.74) is 1.35. The third kappa shape index (κ3) is 4.56. The van der Waals surface area contributed by atoms with Crippen LogP contribution in [-0.4, -0.2) is 16.8 Å². The number of carbonyl (C=O) groups is 2. The van der Waals surface area contributed by atoms with Crippen LogP contribution < -0.4 is 9.64 Å². The first-order valence-electron chi connectivity index (χ1n) is 11.8. The van der Waals surface area contributed by atoms with E-state index < -0.39 is 35.1 Å². The molecule has 1 aliphatic rings. The highest BCUT2D eigenvalue weighted by Gasteiger charge is 2.49. The van der Waals surface area contributed by atoms with Crippen LogP contribution >= 0.6 is 0 Å². The molecule has 1 amide bonds. The molecule has 0 bridgehead atoms. The van der Waals surface area contributed by atoms with E-state index in [0.717, 1.165) is 22.6 Å². The lowest BCUT2D eigenvalue weighted by molar-refractivity contribution is -0.132. The molecule has 0 spiro atoms. The Labute approximate surface area is 217 Å². The molecule has 0 saturated carbocycles. The Hall–Kier alpha value is -4.72. The standard InChI is InChI=1S/C30H23F2NO5/c1-17-14-20(9-13-24(17)37-16-19-6-4-3-5-7-19)28(34)26-27(25-12-8-18(2)38-25)33(30(36)29(26)35)23-11-10-21(31)15-22(23)32/h3-15,27,34H,16H2,1-2H3/b28-26-. The average molecular weight is 516 g/mol. The minimum atomic E-state index is -1.27. The minimum absolute atomic E-state index is 0.145. The van der Waals surface area contributed by atoms with Gasteiger partial charge in [0.15, 0.2) is 0 Å². The fourth-order valence-electron chi connectivity index (χ4n) is 4.48. The summed E-state index contributed by atoms with van der Waals surface area (Å²) in [5.74, 6) is -3.20. The van der Waals surface area contributed by atoms with E-state index in [-0.39, 0.29) is 22.6 Å². The number of furan rings is 1. The van der Waals surface area contributed by atoms with Crippen molar-refractivity contribution in [1.29, 1.82) is 0 Å². The second-order valence-electron chi connectivity index (χ2n) is 8.97. The molecule has 4 aromatic rings. The number of carbonyl (C=O) groups excluding carboxylic acids is 2. The molecule has 3 aromatic carbocycles. The second-order valence-corrected chi connectivity index (χ2v) is 8.97. The van der Waals surface area contributed by atoms with Crippen LogP contribution in [-0.2, 0) is 16.2 Å². The Kier molecular flexibility index (Phi) is 6.55. The van der Waals surface area contributed by atoms with Crippen molar-refractivity contribution in [3.05, 3.63) is 124 Å². The minimum Gasteiger partial charge on any atom is -0.507 e. The number of halogens is 2. The van der Waals surface area contributed by atoms with Gasteiger partial charge < -0.3 is 14.3 Å². The van der Waals surface area contributed by atoms with Crippen LogP contribution in [0.3, 0.4) is 0 Å². The van der Waals surface area contributed by atoms with E-state index in [0.29, 0.717) is 29.7 Å². The Morgan fingerprint density at radius 2 is 1.74 bits per heavy atom. The number of rotatable bonds is 6. The molecule has 1 atom stereocenters. The molecule has 1 fully saturated rings. The highest BCUT2D eigenvalue weighted by Crippen LogP contribution is 2.43. The number of hydrogen-bond donors (Lipinski definition) is 1. The number of nitrogens with zero attached hydrogens (tertiary/aromatic N) is 1. The number of aliphatic hydroxyl groups is 1. The Morgan fingerprint density at radius 3 is 2.39 bits per heavy atom. The summed E-state index contributed by atoms with van der Waals surface area (Å²) in [7, 11) is 0. The number of ether oxygens (including phenoxy) is 1. The van der Waals surface area contributed by atoms with Gasteiger partial charge in [0.1, 0.15) is 47.3 Å². The van der Waals surface area contributed by atoms with Crippen LogP contribution in [0.25, 0.3) is 5.76 Å². The maximum absolute atomic E-state index is 14.8. The zero-order valence-corrected chi connectivity index (χ0v) is 20.6. The quantitative estimate of drug-likeness (QED) is 0.183. The van der Waals surface area contributed by atoms with Crippen molar-refractivity contribution in [3.63, 3.8) is 0 Å². The third-order valence-corrected chi connectivity index (χ3v) is 6.33. The smallest absolute Gasteiger partial charge is 0.300 e. The molecule has 0 radical (unpaired) electrons. The Morgan fingerprint density at radius 1 is 0.974 bits per heavy atom. The lowest BCUT2D eigenvalue weighted by Gasteiger charge is -2.24. The predicted octanol–water partition coefficient (Wildman–Crippen LogP) is 6.38. The van der Waals surface area contributed by atoms with Gasteiger partial charge in [0, 0.05) is 11.6 Å². The van der Waals surface area contributed by atoms with E-state index in [1.807, 2.05) is 30.3 Å². The molecule has 1 saturated heterocycles. The molecule has 0 aliphatic carbocycles. The van der Waals surface area contributed by atoms with Gasteiger partial charge in [-0.1, -0.05) is 30.3 Å². The zero-order valence-electron chi connectivity index (χ0n) is 20.6. The van der Waals surface area contributed by atoms with Crippen LogP contribution in [0.2, 0.25) is 0 Å². The van der Waals surface area contributed by atoms with Crippen LogP contribution in [0, 0.1) is 25.5 Å². The van der Waals surface area contributed by atoms with Crippen molar-refractivity contribution in [1.82, 2.24) is 0 Å². The molecule has 6 nitrogen and oxygen atoms in total. The Balaban J connectivity index is 1.56. The lowest BCUT2D eigenvalue weighted by Crippen LogP contribution is -2.30. The predicted molar refractivity (Wildman–Crippen MR) is 137 cm³/mol. The van der Waals surface area contributed by atoms with E-state index in [1.54, 1.807) is 44.2 Å². The van der Waals surface area contributed by atoms with Gasteiger partial charge in [-0.3, -0.25) is 14.5 Å². The largest absolute Gasteiger partial charge is 0.507 e. The average Bonchev–Trinajstić information content (AvgIpc) is 3.44. The van der Waals surface area contributed by atoms with Gasteiger partial charge in [-0.05, 0) is 67.4 Å². The fourth-order valence-corrected chi connectivity index (χ4v) is 4.48. The number of aryl methyl sites for hydroxylation is 2. The molecule has 1 aromatic heterocycles. The third-order valence-electron chi connectivity index (χ3n) is 6.33. The maximum Gasteiger partial charge on any atom is 0.300 e. The van der Waals surface area contributed by atoms with E-state index >= 15 is 0 Å². The number of hydrogen-bond acceptors (Lipinski definition) is 5. The van der Waals surface area contributed by atoms with Crippen molar-refractivity contribution in [2.24, 2.45) is 0 Å². The Bertz CT molecular complexity index is 1570. The summed E-state index contributed by atoms with van der Waals surface area (Å²) >= 11 is 0. The molecule has 5 rings (SSSR count).